The van der Waals surface area contributed by atoms with Crippen molar-refractivity contribution in [2.45, 2.75) is 32.7 Å². The predicted molar refractivity (Wildman–Crippen MR) is 129 cm³/mol. The minimum atomic E-state index is -0.609. The lowest BCUT2D eigenvalue weighted by Crippen LogP contribution is -2.39. The highest BCUT2D eigenvalue weighted by molar-refractivity contribution is 7.07. The number of fused-ring (bicyclic) bond motifs is 1. The molecule has 2 heterocycles. The topological polar surface area (TPSA) is 69.9 Å². The lowest BCUT2D eigenvalue weighted by Gasteiger charge is -2.24. The number of thiazole rings is 1. The summed E-state index contributed by atoms with van der Waals surface area (Å²) in [5.74, 6) is 0.598. The number of rotatable bonds is 5. The van der Waals surface area contributed by atoms with Crippen LogP contribution >= 0.6 is 11.3 Å². The molecule has 1 aliphatic rings. The zero-order valence-electron chi connectivity index (χ0n) is 19.3. The minimum absolute atomic E-state index is 0.201. The number of allylic oxidation sites excluding steroid dienone is 1. The second-order valence-electron chi connectivity index (χ2n) is 8.17. The Balaban J connectivity index is 1.93. The van der Waals surface area contributed by atoms with Crippen LogP contribution in [0.15, 0.2) is 69.6 Å². The van der Waals surface area contributed by atoms with Gasteiger partial charge in [0.15, 0.2) is 4.80 Å². The molecular formula is C26H26N2O4S. The van der Waals surface area contributed by atoms with E-state index in [1.807, 2.05) is 54.6 Å². The van der Waals surface area contributed by atoms with Gasteiger partial charge in [0.1, 0.15) is 5.75 Å². The average molecular weight is 463 g/mol. The summed E-state index contributed by atoms with van der Waals surface area (Å²) < 4.78 is 12.5. The molecule has 0 saturated heterocycles. The van der Waals surface area contributed by atoms with Crippen LogP contribution in [0.1, 0.15) is 49.4 Å². The van der Waals surface area contributed by atoms with Gasteiger partial charge in [-0.25, -0.2) is 9.79 Å². The Morgan fingerprint density at radius 2 is 1.88 bits per heavy atom. The lowest BCUT2D eigenvalue weighted by atomic mass is 9.93. The molecule has 0 radical (unpaired) electrons. The van der Waals surface area contributed by atoms with E-state index in [1.54, 1.807) is 18.6 Å². The molecule has 0 bridgehead atoms. The van der Waals surface area contributed by atoms with Crippen LogP contribution in [0.5, 0.6) is 5.75 Å². The van der Waals surface area contributed by atoms with Crippen LogP contribution in [-0.2, 0) is 9.53 Å². The molecule has 1 unspecified atom stereocenters. The summed E-state index contributed by atoms with van der Waals surface area (Å²) in [5.41, 5.74) is 3.59. The molecule has 0 aliphatic carbocycles. The average Bonchev–Trinajstić information content (AvgIpc) is 3.12. The summed E-state index contributed by atoms with van der Waals surface area (Å²) in [4.78, 5) is 31.5. The van der Waals surface area contributed by atoms with Gasteiger partial charge in [0.2, 0.25) is 0 Å². The molecule has 1 aromatic heterocycles. The number of benzene rings is 2. The Morgan fingerprint density at radius 1 is 1.15 bits per heavy atom. The van der Waals surface area contributed by atoms with Gasteiger partial charge >= 0.3 is 5.97 Å². The number of esters is 1. The number of nitrogens with zero attached hydrogens (tertiary/aromatic N) is 2. The van der Waals surface area contributed by atoms with E-state index in [1.165, 1.54) is 24.0 Å². The van der Waals surface area contributed by atoms with Crippen molar-refractivity contribution < 1.29 is 14.3 Å². The third-order valence-corrected chi connectivity index (χ3v) is 6.72. The first-order chi connectivity index (χ1) is 15.8. The van der Waals surface area contributed by atoms with Crippen LogP contribution in [0.25, 0.3) is 6.08 Å². The Hall–Kier alpha value is -3.45. The SMILES string of the molecule is COC(=O)C1=C(C)N=c2sc(=Cc3cccc(OC)c3)c(=O)n2C1c1ccc(C(C)C)cc1. The van der Waals surface area contributed by atoms with Crippen molar-refractivity contribution in [2.24, 2.45) is 4.99 Å². The van der Waals surface area contributed by atoms with Crippen molar-refractivity contribution in [2.75, 3.05) is 14.2 Å². The Morgan fingerprint density at radius 3 is 2.52 bits per heavy atom. The van der Waals surface area contributed by atoms with Crippen molar-refractivity contribution >= 4 is 23.4 Å². The molecule has 3 aromatic rings. The number of carbonyl (C=O) groups is 1. The zero-order chi connectivity index (χ0) is 23.7. The zero-order valence-corrected chi connectivity index (χ0v) is 20.1. The van der Waals surface area contributed by atoms with Crippen molar-refractivity contribution in [1.29, 1.82) is 0 Å². The number of hydrogen-bond donors (Lipinski definition) is 0. The van der Waals surface area contributed by atoms with Crippen LogP contribution < -0.4 is 19.6 Å². The van der Waals surface area contributed by atoms with Gasteiger partial charge in [-0.15, -0.1) is 0 Å². The van der Waals surface area contributed by atoms with Crippen molar-refractivity contribution in [1.82, 2.24) is 4.57 Å². The maximum atomic E-state index is 13.6. The first-order valence-corrected chi connectivity index (χ1v) is 11.5. The molecule has 2 aromatic carbocycles. The summed E-state index contributed by atoms with van der Waals surface area (Å²) in [6.45, 7) is 6.03. The fourth-order valence-electron chi connectivity index (χ4n) is 3.95. The van der Waals surface area contributed by atoms with Crippen LogP contribution in [0, 0.1) is 0 Å². The number of methoxy groups -OCH3 is 2. The van der Waals surface area contributed by atoms with Gasteiger partial charge in [0.25, 0.3) is 5.56 Å². The molecule has 6 nitrogen and oxygen atoms in total. The third-order valence-electron chi connectivity index (χ3n) is 5.74. The molecule has 0 fully saturated rings. The molecule has 1 atom stereocenters. The van der Waals surface area contributed by atoms with E-state index in [4.69, 9.17) is 9.47 Å². The maximum absolute atomic E-state index is 13.6. The highest BCUT2D eigenvalue weighted by Crippen LogP contribution is 2.31. The Labute approximate surface area is 196 Å². The molecule has 170 valence electrons. The van der Waals surface area contributed by atoms with Crippen molar-refractivity contribution in [3.8, 4) is 5.75 Å². The summed E-state index contributed by atoms with van der Waals surface area (Å²) in [6, 6.07) is 14.9. The molecule has 0 amide bonds. The molecule has 33 heavy (non-hydrogen) atoms. The molecule has 4 rings (SSSR count). The van der Waals surface area contributed by atoms with E-state index in [-0.39, 0.29) is 5.56 Å². The highest BCUT2D eigenvalue weighted by atomic mass is 32.1. The van der Waals surface area contributed by atoms with Gasteiger partial charge < -0.3 is 9.47 Å². The third kappa shape index (κ3) is 4.28. The van der Waals surface area contributed by atoms with Gasteiger partial charge in [-0.1, -0.05) is 61.6 Å². The van der Waals surface area contributed by atoms with Gasteiger partial charge in [0, 0.05) is 0 Å². The van der Waals surface area contributed by atoms with Crippen LogP contribution in [0.4, 0.5) is 0 Å². The first-order valence-electron chi connectivity index (χ1n) is 10.7. The van der Waals surface area contributed by atoms with E-state index >= 15 is 0 Å². The fraction of sp³-hybridized carbons (Fsp3) is 0.269. The summed E-state index contributed by atoms with van der Waals surface area (Å²) in [7, 11) is 2.95. The van der Waals surface area contributed by atoms with Gasteiger partial charge in [0.05, 0.1) is 36.1 Å². The normalized spacial score (nSPS) is 15.9. The van der Waals surface area contributed by atoms with E-state index in [0.29, 0.717) is 32.3 Å². The van der Waals surface area contributed by atoms with Gasteiger partial charge in [-0.2, -0.15) is 0 Å². The van der Waals surface area contributed by atoms with E-state index in [0.717, 1.165) is 11.1 Å². The second-order valence-corrected chi connectivity index (χ2v) is 9.18. The number of aromatic nitrogens is 1. The minimum Gasteiger partial charge on any atom is -0.497 e. The van der Waals surface area contributed by atoms with Gasteiger partial charge in [-0.05, 0) is 47.7 Å². The maximum Gasteiger partial charge on any atom is 0.338 e. The van der Waals surface area contributed by atoms with E-state index in [2.05, 4.69) is 18.8 Å². The second kappa shape index (κ2) is 9.19. The lowest BCUT2D eigenvalue weighted by molar-refractivity contribution is -0.136. The first kappa shape index (κ1) is 22.7. The fourth-order valence-corrected chi connectivity index (χ4v) is 5.00. The Kier molecular flexibility index (Phi) is 6.33. The highest BCUT2D eigenvalue weighted by Gasteiger charge is 2.33. The summed E-state index contributed by atoms with van der Waals surface area (Å²) >= 11 is 1.30. The number of ether oxygens (including phenoxy) is 2. The molecular weight excluding hydrogens is 436 g/mol. The number of hydrogen-bond acceptors (Lipinski definition) is 6. The van der Waals surface area contributed by atoms with E-state index in [9.17, 15) is 9.59 Å². The molecule has 0 saturated carbocycles. The summed E-state index contributed by atoms with van der Waals surface area (Å²) in [5, 5.41) is 0. The molecule has 0 N–H and O–H groups in total. The molecule has 1 aliphatic heterocycles. The molecule has 0 spiro atoms. The van der Waals surface area contributed by atoms with Crippen LogP contribution in [0.3, 0.4) is 0 Å². The van der Waals surface area contributed by atoms with Crippen LogP contribution in [0.2, 0.25) is 0 Å². The van der Waals surface area contributed by atoms with Crippen LogP contribution in [-0.4, -0.2) is 24.8 Å². The smallest absolute Gasteiger partial charge is 0.338 e. The van der Waals surface area contributed by atoms with Gasteiger partial charge in [-0.3, -0.25) is 9.36 Å². The quantitative estimate of drug-likeness (QED) is 0.544. The Bertz CT molecular complexity index is 1410. The largest absolute Gasteiger partial charge is 0.497 e. The van der Waals surface area contributed by atoms with Crippen molar-refractivity contribution in [3.63, 3.8) is 0 Å². The standard InChI is InChI=1S/C26H26N2O4S/c1-15(2)18-9-11-19(12-10-18)23-22(25(30)32-5)16(3)27-26-28(23)24(29)21(33-26)14-17-7-6-8-20(13-17)31-4/h6-15,23H,1-5H3. The predicted octanol–water partition coefficient (Wildman–Crippen LogP) is 3.54. The summed E-state index contributed by atoms with van der Waals surface area (Å²) in [6.07, 6.45) is 1.82. The molecule has 7 heteroatoms. The van der Waals surface area contributed by atoms with E-state index < -0.39 is 12.0 Å². The number of carbonyl (C=O) groups excluding carboxylic acids is 1. The monoisotopic (exact) mass is 462 g/mol. The van der Waals surface area contributed by atoms with Crippen molar-refractivity contribution in [3.05, 3.63) is 96.2 Å².